The smallest absolute Gasteiger partial charge is 0.255 e. The van der Waals surface area contributed by atoms with Crippen LogP contribution in [0, 0.1) is 0 Å². The van der Waals surface area contributed by atoms with Crippen molar-refractivity contribution in [2.24, 2.45) is 0 Å². The lowest BCUT2D eigenvalue weighted by Crippen LogP contribution is -2.45. The molecular formula is C18H16ClN3O2S. The highest BCUT2D eigenvalue weighted by Gasteiger charge is 2.29. The van der Waals surface area contributed by atoms with Gasteiger partial charge in [-0.2, -0.15) is 0 Å². The van der Waals surface area contributed by atoms with E-state index in [0.717, 1.165) is 5.56 Å². The SMILES string of the molecule is CC1=C(C(=O)Nc2ccc(Cl)cc2)C(c2ccc(O)cc2)NC(=S)N1. The molecule has 3 rings (SSSR count). The van der Waals surface area contributed by atoms with E-state index in [2.05, 4.69) is 16.0 Å². The molecule has 0 spiro atoms. The Kier molecular flexibility index (Phi) is 4.92. The highest BCUT2D eigenvalue weighted by molar-refractivity contribution is 7.80. The fourth-order valence-corrected chi connectivity index (χ4v) is 3.04. The second-order valence-electron chi connectivity index (χ2n) is 5.62. The molecule has 0 aromatic heterocycles. The van der Waals surface area contributed by atoms with Gasteiger partial charge in [0.05, 0.1) is 11.6 Å². The molecule has 1 aliphatic heterocycles. The molecule has 7 heteroatoms. The molecule has 0 saturated heterocycles. The van der Waals surface area contributed by atoms with Crippen molar-refractivity contribution < 1.29 is 9.90 Å². The van der Waals surface area contributed by atoms with Crippen molar-refractivity contribution in [1.29, 1.82) is 0 Å². The van der Waals surface area contributed by atoms with Crippen molar-refractivity contribution in [2.75, 3.05) is 5.32 Å². The molecule has 2 aromatic carbocycles. The highest BCUT2D eigenvalue weighted by Crippen LogP contribution is 2.29. The summed E-state index contributed by atoms with van der Waals surface area (Å²) in [5.41, 5.74) is 2.66. The summed E-state index contributed by atoms with van der Waals surface area (Å²) in [6.45, 7) is 1.80. The number of thiocarbonyl (C=S) groups is 1. The summed E-state index contributed by atoms with van der Waals surface area (Å²) in [6, 6.07) is 13.1. The van der Waals surface area contributed by atoms with Crippen LogP contribution in [0.5, 0.6) is 5.75 Å². The highest BCUT2D eigenvalue weighted by atomic mass is 35.5. The number of phenols is 1. The van der Waals surface area contributed by atoms with Crippen LogP contribution in [0.4, 0.5) is 5.69 Å². The largest absolute Gasteiger partial charge is 0.508 e. The molecule has 1 unspecified atom stereocenters. The molecule has 25 heavy (non-hydrogen) atoms. The van der Waals surface area contributed by atoms with Crippen molar-refractivity contribution in [3.63, 3.8) is 0 Å². The van der Waals surface area contributed by atoms with Gasteiger partial charge >= 0.3 is 0 Å². The summed E-state index contributed by atoms with van der Waals surface area (Å²) in [7, 11) is 0. The predicted octanol–water partition coefficient (Wildman–Crippen LogP) is 3.48. The first-order valence-corrected chi connectivity index (χ1v) is 8.37. The number of allylic oxidation sites excluding steroid dienone is 1. The average molecular weight is 374 g/mol. The molecule has 128 valence electrons. The van der Waals surface area contributed by atoms with Gasteiger partial charge in [-0.15, -0.1) is 0 Å². The summed E-state index contributed by atoms with van der Waals surface area (Å²) >= 11 is 11.1. The third-order valence-electron chi connectivity index (χ3n) is 3.84. The quantitative estimate of drug-likeness (QED) is 0.620. The van der Waals surface area contributed by atoms with E-state index in [1.54, 1.807) is 55.5 Å². The molecule has 0 saturated carbocycles. The van der Waals surface area contributed by atoms with Crippen LogP contribution in [0.1, 0.15) is 18.5 Å². The number of carbonyl (C=O) groups excluding carboxylic acids is 1. The minimum atomic E-state index is -0.415. The van der Waals surface area contributed by atoms with Crippen molar-refractivity contribution in [3.8, 4) is 5.75 Å². The second kappa shape index (κ2) is 7.13. The van der Waals surface area contributed by atoms with Gasteiger partial charge in [0, 0.05) is 16.4 Å². The summed E-state index contributed by atoms with van der Waals surface area (Å²) in [5, 5.41) is 19.5. The maximum absolute atomic E-state index is 12.8. The molecule has 5 nitrogen and oxygen atoms in total. The molecule has 4 N–H and O–H groups in total. The van der Waals surface area contributed by atoms with E-state index in [-0.39, 0.29) is 11.7 Å². The van der Waals surface area contributed by atoms with E-state index in [0.29, 0.717) is 27.1 Å². The molecule has 1 aliphatic rings. The predicted molar refractivity (Wildman–Crippen MR) is 102 cm³/mol. The first-order valence-electron chi connectivity index (χ1n) is 7.58. The number of amides is 1. The zero-order valence-electron chi connectivity index (χ0n) is 13.3. The standard InChI is InChI=1S/C18H16ClN3O2S/c1-10-15(17(24)21-13-6-4-12(19)5-7-13)16(22-18(25)20-10)11-2-8-14(23)9-3-11/h2-9,16,23H,1H3,(H,21,24)(H2,20,22,25). The first kappa shape index (κ1) is 17.3. The lowest BCUT2D eigenvalue weighted by molar-refractivity contribution is -0.113. The molecule has 0 fully saturated rings. The van der Waals surface area contributed by atoms with Crippen LogP contribution in [0.2, 0.25) is 5.02 Å². The van der Waals surface area contributed by atoms with Crippen LogP contribution in [0.15, 0.2) is 59.8 Å². The van der Waals surface area contributed by atoms with Gasteiger partial charge in [0.25, 0.3) is 5.91 Å². The number of anilines is 1. The van der Waals surface area contributed by atoms with Gasteiger partial charge in [-0.05, 0) is 61.1 Å². The summed E-state index contributed by atoms with van der Waals surface area (Å²) in [4.78, 5) is 12.8. The van der Waals surface area contributed by atoms with Gasteiger partial charge in [0.1, 0.15) is 5.75 Å². The van der Waals surface area contributed by atoms with Crippen molar-refractivity contribution in [1.82, 2.24) is 10.6 Å². The molecular weight excluding hydrogens is 358 g/mol. The van der Waals surface area contributed by atoms with Crippen molar-refractivity contribution >= 4 is 40.5 Å². The van der Waals surface area contributed by atoms with Gasteiger partial charge in [-0.1, -0.05) is 23.7 Å². The normalized spacial score (nSPS) is 16.9. The van der Waals surface area contributed by atoms with Gasteiger partial charge in [-0.25, -0.2) is 0 Å². The summed E-state index contributed by atoms with van der Waals surface area (Å²) < 4.78 is 0. The zero-order valence-corrected chi connectivity index (χ0v) is 14.9. The van der Waals surface area contributed by atoms with Gasteiger partial charge in [-0.3, -0.25) is 4.79 Å². The number of phenolic OH excluding ortho intramolecular Hbond substituents is 1. The third kappa shape index (κ3) is 3.92. The molecule has 1 heterocycles. The number of halogens is 1. The van der Waals surface area contributed by atoms with Gasteiger partial charge < -0.3 is 21.1 Å². The van der Waals surface area contributed by atoms with Gasteiger partial charge in [0.2, 0.25) is 0 Å². The van der Waals surface area contributed by atoms with Crippen molar-refractivity contribution in [2.45, 2.75) is 13.0 Å². The Balaban J connectivity index is 1.92. The van der Waals surface area contributed by atoms with E-state index in [4.69, 9.17) is 23.8 Å². The second-order valence-corrected chi connectivity index (χ2v) is 6.47. The van der Waals surface area contributed by atoms with E-state index in [9.17, 15) is 9.90 Å². The van der Waals surface area contributed by atoms with E-state index >= 15 is 0 Å². The Hall–Kier alpha value is -2.57. The van der Waals surface area contributed by atoms with E-state index in [1.165, 1.54) is 0 Å². The monoisotopic (exact) mass is 373 g/mol. The van der Waals surface area contributed by atoms with Crippen LogP contribution in [0.25, 0.3) is 0 Å². The maximum Gasteiger partial charge on any atom is 0.255 e. The first-order chi connectivity index (χ1) is 11.9. The van der Waals surface area contributed by atoms with E-state index < -0.39 is 6.04 Å². The third-order valence-corrected chi connectivity index (χ3v) is 4.31. The summed E-state index contributed by atoms with van der Waals surface area (Å²) in [5.74, 6) is -0.0893. The molecule has 1 amide bonds. The fraction of sp³-hybridized carbons (Fsp3) is 0.111. The average Bonchev–Trinajstić information content (AvgIpc) is 2.57. The minimum absolute atomic E-state index is 0.160. The Bertz CT molecular complexity index is 848. The lowest BCUT2D eigenvalue weighted by atomic mass is 9.95. The minimum Gasteiger partial charge on any atom is -0.508 e. The van der Waals surface area contributed by atoms with Crippen LogP contribution < -0.4 is 16.0 Å². The fourth-order valence-electron chi connectivity index (χ4n) is 2.64. The molecule has 2 aromatic rings. The molecule has 0 aliphatic carbocycles. The Labute approximate surface area is 155 Å². The number of carbonyl (C=O) groups is 1. The number of hydrogen-bond donors (Lipinski definition) is 4. The number of nitrogens with one attached hydrogen (secondary N) is 3. The summed E-state index contributed by atoms with van der Waals surface area (Å²) in [6.07, 6.45) is 0. The van der Waals surface area contributed by atoms with Crippen LogP contribution in [-0.4, -0.2) is 16.1 Å². The van der Waals surface area contributed by atoms with Crippen LogP contribution >= 0.6 is 23.8 Å². The Morgan fingerprint density at radius 1 is 1.16 bits per heavy atom. The zero-order chi connectivity index (χ0) is 18.0. The van der Waals surface area contributed by atoms with Crippen LogP contribution in [-0.2, 0) is 4.79 Å². The Morgan fingerprint density at radius 3 is 2.44 bits per heavy atom. The molecule has 1 atom stereocenters. The maximum atomic E-state index is 12.8. The lowest BCUT2D eigenvalue weighted by Gasteiger charge is -2.30. The number of rotatable bonds is 3. The van der Waals surface area contributed by atoms with Crippen LogP contribution in [0.3, 0.4) is 0 Å². The molecule has 0 bridgehead atoms. The number of hydrogen-bond acceptors (Lipinski definition) is 3. The molecule has 0 radical (unpaired) electrons. The number of aromatic hydroxyl groups is 1. The number of benzene rings is 2. The van der Waals surface area contributed by atoms with Gasteiger partial charge in [0.15, 0.2) is 5.11 Å². The van der Waals surface area contributed by atoms with Crippen molar-refractivity contribution in [3.05, 3.63) is 70.4 Å². The topological polar surface area (TPSA) is 73.4 Å². The van der Waals surface area contributed by atoms with E-state index in [1.807, 2.05) is 0 Å². The Morgan fingerprint density at radius 2 is 1.80 bits per heavy atom.